The minimum Gasteiger partial charge on any atom is -0.376 e. The molecule has 3 aliphatic rings. The molecule has 7 rings (SSSR count). The van der Waals surface area contributed by atoms with Crippen LogP contribution in [-0.2, 0) is 65.2 Å². The highest BCUT2D eigenvalue weighted by atomic mass is 31.2. The zero-order chi connectivity index (χ0) is 48.5. The minimum absolute atomic E-state index is 0.0292. The molecule has 4 aromatic rings. The molecular formula is C47H54F2N7O10P. The number of ether oxygens (including phenoxy) is 1. The van der Waals surface area contributed by atoms with Gasteiger partial charge in [-0.25, -0.2) is 4.79 Å². The number of amides is 5. The van der Waals surface area contributed by atoms with Crippen molar-refractivity contribution in [2.45, 2.75) is 108 Å². The fourth-order valence-electron chi connectivity index (χ4n) is 9.14. The summed E-state index contributed by atoms with van der Waals surface area (Å²) in [5, 5.41) is 8.55. The van der Waals surface area contributed by atoms with Crippen LogP contribution in [0.5, 0.6) is 0 Å². The van der Waals surface area contributed by atoms with Gasteiger partial charge >= 0.3 is 18.9 Å². The number of fused-ring (bicyclic) bond motifs is 1. The zero-order valence-electron chi connectivity index (χ0n) is 37.3. The highest BCUT2D eigenvalue weighted by molar-refractivity contribution is 7.52. The van der Waals surface area contributed by atoms with Crippen LogP contribution in [-0.4, -0.2) is 79.3 Å². The Morgan fingerprint density at radius 3 is 2.45 bits per heavy atom. The lowest BCUT2D eigenvalue weighted by atomic mass is 10.0. The van der Waals surface area contributed by atoms with Crippen LogP contribution in [0.4, 0.5) is 14.5 Å². The maximum absolute atomic E-state index is 14.5. The average Bonchev–Trinajstić information content (AvgIpc) is 3.74. The molecule has 0 radical (unpaired) electrons. The van der Waals surface area contributed by atoms with E-state index >= 15 is 0 Å². The molecule has 4 heterocycles. The zero-order valence-corrected chi connectivity index (χ0v) is 38.2. The van der Waals surface area contributed by atoms with E-state index < -0.39 is 66.8 Å². The molecule has 0 aliphatic carbocycles. The smallest absolute Gasteiger partial charge is 0.376 e. The number of nitrogens with two attached hydrogens (primary N) is 1. The van der Waals surface area contributed by atoms with Crippen LogP contribution < -0.4 is 32.3 Å². The number of hydrogen-bond donors (Lipinski definition) is 6. The van der Waals surface area contributed by atoms with Crippen molar-refractivity contribution in [3.63, 3.8) is 0 Å². The van der Waals surface area contributed by atoms with Gasteiger partial charge in [0.1, 0.15) is 18.1 Å². The second-order valence-corrected chi connectivity index (χ2v) is 19.1. The van der Waals surface area contributed by atoms with Crippen molar-refractivity contribution in [1.29, 1.82) is 0 Å². The molecule has 3 aromatic carbocycles. The van der Waals surface area contributed by atoms with Crippen LogP contribution in [0, 0.1) is 0 Å². The average molecular weight is 946 g/mol. The van der Waals surface area contributed by atoms with E-state index in [9.17, 15) is 42.1 Å². The predicted octanol–water partition coefficient (Wildman–Crippen LogP) is 4.11. The largest absolute Gasteiger partial charge is 0.399 e. The van der Waals surface area contributed by atoms with Crippen molar-refractivity contribution in [2.24, 2.45) is 12.8 Å². The Hall–Kier alpha value is -6.27. The highest BCUT2D eigenvalue weighted by Crippen LogP contribution is 2.59. The molecule has 20 heteroatoms. The number of rotatable bonds is 18. The number of benzene rings is 3. The van der Waals surface area contributed by atoms with Gasteiger partial charge in [-0.3, -0.25) is 47.9 Å². The number of para-hydroxylation sites is 1. The fraction of sp³-hybridized carbons (Fsp3) is 0.404. The maximum Gasteiger partial charge on any atom is 0.399 e. The summed E-state index contributed by atoms with van der Waals surface area (Å²) in [6.45, 7) is 7.83. The van der Waals surface area contributed by atoms with Crippen LogP contribution in [0.3, 0.4) is 0 Å². The summed E-state index contributed by atoms with van der Waals surface area (Å²) in [7, 11) is -4.11. The first-order valence-corrected chi connectivity index (χ1v) is 23.6. The number of nitrogens with one attached hydrogen (secondary N) is 3. The summed E-state index contributed by atoms with van der Waals surface area (Å²) in [6.07, 6.45) is 3.83. The molecular weight excluding hydrogens is 892 g/mol. The van der Waals surface area contributed by atoms with Crippen LogP contribution in [0.15, 0.2) is 83.8 Å². The van der Waals surface area contributed by atoms with Gasteiger partial charge in [-0.2, -0.15) is 8.78 Å². The van der Waals surface area contributed by atoms with E-state index in [2.05, 4.69) is 22.5 Å². The lowest BCUT2D eigenvalue weighted by molar-refractivity contribution is -0.135. The fourth-order valence-corrected chi connectivity index (χ4v) is 9.63. The molecule has 67 heavy (non-hydrogen) atoms. The number of imidazole rings is 1. The molecule has 5 atom stereocenters. The van der Waals surface area contributed by atoms with Gasteiger partial charge in [0.25, 0.3) is 0 Å². The molecule has 3 aliphatic heterocycles. The third-order valence-corrected chi connectivity index (χ3v) is 13.8. The number of hydrogen-bond acceptors (Lipinski definition) is 9. The van der Waals surface area contributed by atoms with Gasteiger partial charge in [0.2, 0.25) is 29.5 Å². The van der Waals surface area contributed by atoms with Crippen molar-refractivity contribution in [3.05, 3.63) is 117 Å². The number of allylic oxidation sites excluding steroid dienone is 2. The van der Waals surface area contributed by atoms with E-state index in [4.69, 9.17) is 20.3 Å². The van der Waals surface area contributed by atoms with Crippen LogP contribution in [0.2, 0.25) is 0 Å². The molecule has 7 N–H and O–H groups in total. The van der Waals surface area contributed by atoms with E-state index in [0.29, 0.717) is 59.2 Å². The van der Waals surface area contributed by atoms with Crippen molar-refractivity contribution in [1.82, 2.24) is 25.1 Å². The Kier molecular flexibility index (Phi) is 14.2. The number of aromatic nitrogens is 2. The van der Waals surface area contributed by atoms with Crippen molar-refractivity contribution < 1.29 is 51.8 Å². The molecule has 0 spiro atoms. The summed E-state index contributed by atoms with van der Waals surface area (Å²) in [6, 6.07) is 12.6. The van der Waals surface area contributed by atoms with E-state index in [1.54, 1.807) is 33.0 Å². The summed E-state index contributed by atoms with van der Waals surface area (Å²) in [5.74, 6) is -2.23. The normalized spacial score (nSPS) is 19.7. The summed E-state index contributed by atoms with van der Waals surface area (Å²) in [4.78, 5) is 98.1. The number of carbonyl (C=O) groups is 5. The molecule has 0 saturated carbocycles. The molecule has 1 unspecified atom stereocenters. The number of primary amides is 1. The summed E-state index contributed by atoms with van der Waals surface area (Å²) in [5.41, 5.74) is 5.91. The number of aryl methyl sites for hydroxylation is 3. The third-order valence-electron chi connectivity index (χ3n) is 12.8. The summed E-state index contributed by atoms with van der Waals surface area (Å²) >= 11 is 0. The van der Waals surface area contributed by atoms with Gasteiger partial charge < -0.3 is 30.9 Å². The second-order valence-electron chi connectivity index (χ2n) is 17.4. The lowest BCUT2D eigenvalue weighted by Gasteiger charge is -2.31. The minimum atomic E-state index is -5.74. The van der Waals surface area contributed by atoms with Gasteiger partial charge in [-0.15, -0.1) is 0 Å². The second kappa shape index (κ2) is 19.5. The van der Waals surface area contributed by atoms with Gasteiger partial charge in [0, 0.05) is 44.2 Å². The molecule has 1 saturated heterocycles. The molecule has 1 aromatic heterocycles. The quantitative estimate of drug-likeness (QED) is 0.0359. The van der Waals surface area contributed by atoms with Gasteiger partial charge in [-0.05, 0) is 98.4 Å². The number of piperidine rings is 1. The first-order valence-electron chi connectivity index (χ1n) is 22.0. The maximum atomic E-state index is 14.5. The Labute approximate surface area is 384 Å². The number of halogens is 2. The monoisotopic (exact) mass is 945 g/mol. The Morgan fingerprint density at radius 2 is 1.76 bits per heavy atom. The first-order chi connectivity index (χ1) is 31.7. The van der Waals surface area contributed by atoms with Gasteiger partial charge in [0.05, 0.1) is 28.9 Å². The Bertz CT molecular complexity index is 2780. The van der Waals surface area contributed by atoms with E-state index in [1.165, 1.54) is 26.2 Å². The Balaban J connectivity index is 0.999. The van der Waals surface area contributed by atoms with Crippen molar-refractivity contribution >= 4 is 59.4 Å². The number of alkyl halides is 2. The SMILES string of the molecule is C=C(/C=C(\C)c1ccc(C(F)(F)P(=O)(O)O)cc1)N[C@H]1CCc2cccc3c2N(C1=O)[C@H](C(=O)N[C@@H](CCC(N)=O)[C@@H](C)OCCCc1ccc2c(c1)n(C)c(=O)n2C1CCC(=O)NC1=O)C3. The van der Waals surface area contributed by atoms with Crippen molar-refractivity contribution in [3.8, 4) is 0 Å². The number of imide groups is 1. The first kappa shape index (κ1) is 48.7. The summed E-state index contributed by atoms with van der Waals surface area (Å²) < 4.78 is 49.0. The van der Waals surface area contributed by atoms with E-state index in [1.807, 2.05) is 30.3 Å². The predicted molar refractivity (Wildman–Crippen MR) is 245 cm³/mol. The van der Waals surface area contributed by atoms with Gasteiger partial charge in [0.15, 0.2) is 0 Å². The van der Waals surface area contributed by atoms with E-state index in [-0.39, 0.29) is 56.2 Å². The molecule has 356 valence electrons. The van der Waals surface area contributed by atoms with Crippen LogP contribution in [0.1, 0.15) is 86.2 Å². The number of carbonyl (C=O) groups excluding carboxylic acids is 5. The number of nitrogens with zero attached hydrogens (tertiary/aromatic N) is 3. The Morgan fingerprint density at radius 1 is 1.04 bits per heavy atom. The lowest BCUT2D eigenvalue weighted by Crippen LogP contribution is -2.56. The molecule has 1 fully saturated rings. The van der Waals surface area contributed by atoms with Crippen molar-refractivity contribution in [2.75, 3.05) is 11.5 Å². The van der Waals surface area contributed by atoms with Gasteiger partial charge in [-0.1, -0.05) is 55.1 Å². The molecule has 5 amide bonds. The number of anilines is 1. The topological polar surface area (TPSA) is 244 Å². The third kappa shape index (κ3) is 10.2. The standard InChI is InChI=1S/C47H54F2N7O10P/c1-26(30-11-14-33(15-12-30)47(48,49)67(63,64)65)23-27(2)51-35-16-13-31-8-5-9-32-25-39(56(42(31)32)45(35)61)44(60)52-34(17-20-40(50)57)28(3)66-22-6-7-29-10-18-36-38(24-29)54(4)46(62)55(36)37-19-21-41(58)53-43(37)59/h5,8-12,14-15,18,23-24,28,34-35,37,39,51H,2,6-7,13,16-17,19-22,25H2,1,3-4H3,(H2,50,57)(H,52,60)(H,53,58,59)(H2,63,64,65)/b26-23+/t28-,34+,35+,37?,39+/m1/s1. The molecule has 0 bridgehead atoms. The van der Waals surface area contributed by atoms with Crippen LogP contribution in [0.25, 0.3) is 16.6 Å². The molecule has 17 nitrogen and oxygen atoms in total. The van der Waals surface area contributed by atoms with Crippen LogP contribution >= 0.6 is 7.60 Å². The van der Waals surface area contributed by atoms with E-state index in [0.717, 1.165) is 28.8 Å². The highest BCUT2D eigenvalue weighted by Gasteiger charge is 2.50.